The summed E-state index contributed by atoms with van der Waals surface area (Å²) in [6.07, 6.45) is 5.22. The van der Waals surface area contributed by atoms with E-state index in [0.717, 1.165) is 10.0 Å². The quantitative estimate of drug-likeness (QED) is 0.570. The van der Waals surface area contributed by atoms with Crippen molar-refractivity contribution in [2.24, 2.45) is 0 Å². The minimum atomic E-state index is -0.0157. The fraction of sp³-hybridized carbons (Fsp3) is 0.182. The largest absolute Gasteiger partial charge is 0.293 e. The summed E-state index contributed by atoms with van der Waals surface area (Å²) in [7, 11) is 0. The van der Waals surface area contributed by atoms with E-state index < -0.39 is 0 Å². The maximum atomic E-state index is 11.4. The van der Waals surface area contributed by atoms with Crippen molar-refractivity contribution >= 4 is 21.7 Å². The summed E-state index contributed by atoms with van der Waals surface area (Å²) >= 11 is 3.31. The average Bonchev–Trinajstić information content (AvgIpc) is 2.09. The summed E-state index contributed by atoms with van der Waals surface area (Å²) < 4.78 is 0.804. The van der Waals surface area contributed by atoms with Crippen molar-refractivity contribution in [3.8, 4) is 12.3 Å². The maximum absolute atomic E-state index is 11.4. The topological polar surface area (TPSA) is 17.1 Å². The average molecular weight is 237 g/mol. The number of carbonyl (C=O) groups is 1. The van der Waals surface area contributed by atoms with Crippen LogP contribution in [0.3, 0.4) is 0 Å². The van der Waals surface area contributed by atoms with E-state index in [1.807, 2.05) is 25.1 Å². The van der Waals surface area contributed by atoms with Crippen LogP contribution in [-0.4, -0.2) is 5.78 Å². The predicted octanol–water partition coefficient (Wildman–Crippen LogP) is 2.96. The van der Waals surface area contributed by atoms with Crippen LogP contribution in [0.5, 0.6) is 0 Å². The van der Waals surface area contributed by atoms with Gasteiger partial charge in [0.05, 0.1) is 6.42 Å². The smallest absolute Gasteiger partial charge is 0.175 e. The molecule has 0 saturated heterocycles. The van der Waals surface area contributed by atoms with Crippen molar-refractivity contribution < 1.29 is 4.79 Å². The van der Waals surface area contributed by atoms with Gasteiger partial charge in [0.25, 0.3) is 0 Å². The van der Waals surface area contributed by atoms with Gasteiger partial charge in [0.1, 0.15) is 0 Å². The van der Waals surface area contributed by atoms with Gasteiger partial charge in [-0.25, -0.2) is 0 Å². The lowest BCUT2D eigenvalue weighted by molar-refractivity contribution is 0.0997. The van der Waals surface area contributed by atoms with Gasteiger partial charge in [-0.05, 0) is 19.1 Å². The van der Waals surface area contributed by atoms with Gasteiger partial charge in [-0.2, -0.15) is 0 Å². The molecule has 0 N–H and O–H groups in total. The molecule has 0 fully saturated rings. The fourth-order valence-electron chi connectivity index (χ4n) is 1.04. The molecule has 0 aliphatic heterocycles. The monoisotopic (exact) mass is 236 g/mol. The zero-order valence-corrected chi connectivity index (χ0v) is 8.89. The van der Waals surface area contributed by atoms with Crippen LogP contribution in [0.1, 0.15) is 22.3 Å². The highest BCUT2D eigenvalue weighted by Crippen LogP contribution is 2.19. The van der Waals surface area contributed by atoms with E-state index in [9.17, 15) is 4.79 Å². The van der Waals surface area contributed by atoms with Crippen LogP contribution in [-0.2, 0) is 0 Å². The first-order valence-corrected chi connectivity index (χ1v) is 4.67. The summed E-state index contributed by atoms with van der Waals surface area (Å²) in [6.45, 7) is 1.94. The number of benzene rings is 1. The van der Waals surface area contributed by atoms with E-state index in [0.29, 0.717) is 5.56 Å². The van der Waals surface area contributed by atoms with Gasteiger partial charge < -0.3 is 0 Å². The number of hydrogen-bond acceptors (Lipinski definition) is 1. The second-order valence-corrected chi connectivity index (χ2v) is 3.64. The number of aryl methyl sites for hydroxylation is 1. The van der Waals surface area contributed by atoms with Crippen molar-refractivity contribution in [2.45, 2.75) is 13.3 Å². The van der Waals surface area contributed by atoms with Crippen LogP contribution in [0.25, 0.3) is 0 Å². The van der Waals surface area contributed by atoms with Crippen LogP contribution in [0.2, 0.25) is 0 Å². The molecule has 0 aliphatic rings. The van der Waals surface area contributed by atoms with Gasteiger partial charge in [0.15, 0.2) is 5.78 Å². The minimum absolute atomic E-state index is 0.0157. The number of halogens is 1. The Labute approximate surface area is 86.3 Å². The van der Waals surface area contributed by atoms with E-state index in [2.05, 4.69) is 21.9 Å². The molecular weight excluding hydrogens is 228 g/mol. The highest BCUT2D eigenvalue weighted by atomic mass is 79.9. The van der Waals surface area contributed by atoms with Crippen molar-refractivity contribution in [3.05, 3.63) is 33.8 Å². The third-order valence-electron chi connectivity index (χ3n) is 1.68. The summed E-state index contributed by atoms with van der Waals surface area (Å²) in [4.78, 5) is 11.4. The number of ketones is 1. The van der Waals surface area contributed by atoms with Crippen LogP contribution < -0.4 is 0 Å². The normalized spacial score (nSPS) is 9.31. The Hall–Kier alpha value is -1.07. The number of hydrogen-bond donors (Lipinski definition) is 0. The SMILES string of the molecule is C#CCC(=O)c1cc(C)ccc1Br. The van der Waals surface area contributed by atoms with Crippen molar-refractivity contribution in [1.82, 2.24) is 0 Å². The molecule has 0 bridgehead atoms. The Bertz CT molecular complexity index is 374. The van der Waals surface area contributed by atoms with Gasteiger partial charge in [0, 0.05) is 10.0 Å². The molecule has 1 rings (SSSR count). The Morgan fingerprint density at radius 3 is 2.92 bits per heavy atom. The third-order valence-corrected chi connectivity index (χ3v) is 2.38. The van der Waals surface area contributed by atoms with E-state index >= 15 is 0 Å². The minimum Gasteiger partial charge on any atom is -0.293 e. The Kier molecular flexibility index (Phi) is 3.27. The summed E-state index contributed by atoms with van der Waals surface area (Å²) in [5.74, 6) is 2.33. The van der Waals surface area contributed by atoms with Gasteiger partial charge in [-0.15, -0.1) is 6.42 Å². The van der Waals surface area contributed by atoms with Crippen LogP contribution >= 0.6 is 15.9 Å². The lowest BCUT2D eigenvalue weighted by atomic mass is 10.1. The molecule has 0 amide bonds. The second-order valence-electron chi connectivity index (χ2n) is 2.79. The summed E-state index contributed by atoms with van der Waals surface area (Å²) in [5, 5.41) is 0. The zero-order chi connectivity index (χ0) is 9.84. The first-order chi connectivity index (χ1) is 6.15. The highest BCUT2D eigenvalue weighted by molar-refractivity contribution is 9.10. The molecule has 66 valence electrons. The van der Waals surface area contributed by atoms with Gasteiger partial charge in [0.2, 0.25) is 0 Å². The van der Waals surface area contributed by atoms with Crippen molar-refractivity contribution in [1.29, 1.82) is 0 Å². The first-order valence-electron chi connectivity index (χ1n) is 3.88. The van der Waals surface area contributed by atoms with Crippen LogP contribution in [0.15, 0.2) is 22.7 Å². The molecule has 2 heteroatoms. The van der Waals surface area contributed by atoms with Gasteiger partial charge >= 0.3 is 0 Å². The van der Waals surface area contributed by atoms with E-state index in [-0.39, 0.29) is 12.2 Å². The Morgan fingerprint density at radius 2 is 2.31 bits per heavy atom. The molecule has 1 aromatic rings. The highest BCUT2D eigenvalue weighted by Gasteiger charge is 2.08. The molecule has 13 heavy (non-hydrogen) atoms. The molecule has 0 radical (unpaired) electrons. The fourth-order valence-corrected chi connectivity index (χ4v) is 1.51. The summed E-state index contributed by atoms with van der Waals surface area (Å²) in [5.41, 5.74) is 1.72. The predicted molar refractivity (Wildman–Crippen MR) is 56.7 cm³/mol. The molecule has 0 atom stereocenters. The Morgan fingerprint density at radius 1 is 1.62 bits per heavy atom. The number of terminal acetylenes is 1. The summed E-state index contributed by atoms with van der Waals surface area (Å²) in [6, 6.07) is 5.64. The molecule has 0 aromatic heterocycles. The molecular formula is C11H9BrO. The molecule has 1 aromatic carbocycles. The first kappa shape index (κ1) is 10.0. The number of rotatable bonds is 2. The number of carbonyl (C=O) groups excluding carboxylic acids is 1. The molecule has 0 spiro atoms. The van der Waals surface area contributed by atoms with Crippen molar-refractivity contribution in [3.63, 3.8) is 0 Å². The molecule has 1 nitrogen and oxygen atoms in total. The Balaban J connectivity index is 3.07. The standard InChI is InChI=1S/C11H9BrO/c1-3-4-11(13)9-7-8(2)5-6-10(9)12/h1,5-7H,4H2,2H3. The molecule has 0 heterocycles. The molecule has 0 unspecified atom stereocenters. The second kappa shape index (κ2) is 4.25. The number of Topliss-reactive ketones (excluding diaryl/α,β-unsaturated/α-hetero) is 1. The van der Waals surface area contributed by atoms with E-state index in [1.165, 1.54) is 0 Å². The van der Waals surface area contributed by atoms with Gasteiger partial charge in [-0.3, -0.25) is 4.79 Å². The third kappa shape index (κ3) is 2.43. The zero-order valence-electron chi connectivity index (χ0n) is 7.30. The van der Waals surface area contributed by atoms with Crippen LogP contribution in [0.4, 0.5) is 0 Å². The molecule has 0 saturated carbocycles. The lowest BCUT2D eigenvalue weighted by Gasteiger charge is -2.01. The maximum Gasteiger partial charge on any atom is 0.175 e. The van der Waals surface area contributed by atoms with E-state index in [4.69, 9.17) is 6.42 Å². The van der Waals surface area contributed by atoms with Crippen LogP contribution in [0, 0.1) is 19.3 Å². The lowest BCUT2D eigenvalue weighted by Crippen LogP contribution is -1.98. The molecule has 0 aliphatic carbocycles. The van der Waals surface area contributed by atoms with E-state index in [1.54, 1.807) is 0 Å². The van der Waals surface area contributed by atoms with Crippen molar-refractivity contribution in [2.75, 3.05) is 0 Å². The van der Waals surface area contributed by atoms with Gasteiger partial charge in [-0.1, -0.05) is 33.5 Å².